The molecule has 2 aromatic heterocycles. The van der Waals surface area contributed by atoms with Crippen LogP contribution in [0.1, 0.15) is 22.4 Å². The van der Waals surface area contributed by atoms with E-state index < -0.39 is 0 Å². The smallest absolute Gasteiger partial charge is 0.234 e. The van der Waals surface area contributed by atoms with Crippen LogP contribution in [0.25, 0.3) is 10.2 Å². The Labute approximate surface area is 163 Å². The van der Waals surface area contributed by atoms with Crippen LogP contribution in [0.3, 0.4) is 0 Å². The Hall–Kier alpha value is -1.76. The first-order valence-electron chi connectivity index (χ1n) is 8.80. The molecule has 0 saturated heterocycles. The Kier molecular flexibility index (Phi) is 6.06. The number of hydrogen-bond acceptors (Lipinski definition) is 5. The fourth-order valence-corrected chi connectivity index (χ4v) is 4.74. The van der Waals surface area contributed by atoms with E-state index in [1.165, 1.54) is 10.3 Å². The summed E-state index contributed by atoms with van der Waals surface area (Å²) in [6.07, 6.45) is 1.37. The molecule has 0 N–H and O–H groups in total. The monoisotopic (exact) mass is 387 g/mol. The molecule has 138 valence electrons. The van der Waals surface area contributed by atoms with Gasteiger partial charge in [0, 0.05) is 11.4 Å². The molecule has 0 saturated carbocycles. The van der Waals surface area contributed by atoms with Crippen LogP contribution in [0.4, 0.5) is 5.13 Å². The van der Waals surface area contributed by atoms with Crippen molar-refractivity contribution in [3.63, 3.8) is 0 Å². The van der Waals surface area contributed by atoms with Gasteiger partial charge in [-0.3, -0.25) is 9.69 Å². The second-order valence-corrected chi connectivity index (χ2v) is 8.84. The third-order valence-corrected chi connectivity index (χ3v) is 6.45. The number of rotatable bonds is 7. The summed E-state index contributed by atoms with van der Waals surface area (Å²) in [6, 6.07) is 8.25. The maximum absolute atomic E-state index is 13.0. The van der Waals surface area contributed by atoms with Crippen molar-refractivity contribution < 1.29 is 4.79 Å². The summed E-state index contributed by atoms with van der Waals surface area (Å²) < 4.78 is 1.18. The fraction of sp³-hybridized carbons (Fsp3) is 0.400. The van der Waals surface area contributed by atoms with Gasteiger partial charge in [-0.2, -0.15) is 0 Å². The molecule has 1 amide bonds. The van der Waals surface area contributed by atoms with Crippen molar-refractivity contribution in [2.24, 2.45) is 0 Å². The maximum Gasteiger partial charge on any atom is 0.234 e. The maximum atomic E-state index is 13.0. The lowest BCUT2D eigenvalue weighted by Gasteiger charge is -2.20. The van der Waals surface area contributed by atoms with E-state index in [0.717, 1.165) is 34.1 Å². The summed E-state index contributed by atoms with van der Waals surface area (Å²) in [4.78, 5) is 23.0. The third kappa shape index (κ3) is 4.31. The Morgan fingerprint density at radius 2 is 1.88 bits per heavy atom. The highest BCUT2D eigenvalue weighted by molar-refractivity contribution is 7.22. The molecule has 26 heavy (non-hydrogen) atoms. The minimum absolute atomic E-state index is 0.126. The predicted octanol–water partition coefficient (Wildman–Crippen LogP) is 4.50. The first kappa shape index (κ1) is 19.0. The number of benzene rings is 1. The molecule has 0 unspecified atom stereocenters. The summed E-state index contributed by atoms with van der Waals surface area (Å²) in [5, 5.41) is 2.83. The minimum atomic E-state index is 0.126. The highest BCUT2D eigenvalue weighted by Crippen LogP contribution is 2.33. The minimum Gasteiger partial charge on any atom is -0.309 e. The fourth-order valence-electron chi connectivity index (χ4n) is 2.89. The number of anilines is 1. The lowest BCUT2D eigenvalue weighted by Crippen LogP contribution is -2.34. The lowest BCUT2D eigenvalue weighted by molar-refractivity contribution is -0.118. The van der Waals surface area contributed by atoms with E-state index in [0.29, 0.717) is 13.0 Å². The zero-order valence-corrected chi connectivity index (χ0v) is 17.4. The van der Waals surface area contributed by atoms with Crippen molar-refractivity contribution in [1.29, 1.82) is 0 Å². The van der Waals surface area contributed by atoms with Crippen LogP contribution in [0.5, 0.6) is 0 Å². The second kappa shape index (κ2) is 8.29. The molecule has 0 fully saturated rings. The molecular formula is C20H25N3OS2. The molecule has 0 radical (unpaired) electrons. The van der Waals surface area contributed by atoms with E-state index in [4.69, 9.17) is 4.98 Å². The molecule has 0 aliphatic rings. The van der Waals surface area contributed by atoms with Crippen molar-refractivity contribution in [2.45, 2.75) is 26.7 Å². The molecule has 0 aliphatic carbocycles. The number of aromatic nitrogens is 1. The molecule has 0 atom stereocenters. The largest absolute Gasteiger partial charge is 0.309 e. The summed E-state index contributed by atoms with van der Waals surface area (Å²) in [6.45, 7) is 5.83. The summed E-state index contributed by atoms with van der Waals surface area (Å²) in [5.74, 6) is 0.126. The quantitative estimate of drug-likeness (QED) is 0.599. The molecule has 1 aromatic carbocycles. The SMILES string of the molecule is Cc1ccc(C)c2sc(N(CCCN(C)C)C(=O)Cc3cccs3)nc12. The van der Waals surface area contributed by atoms with E-state index in [-0.39, 0.29) is 5.91 Å². The molecule has 3 aromatic rings. The van der Waals surface area contributed by atoms with Crippen molar-refractivity contribution in [2.75, 3.05) is 32.1 Å². The van der Waals surface area contributed by atoms with Gasteiger partial charge >= 0.3 is 0 Å². The first-order chi connectivity index (χ1) is 12.5. The van der Waals surface area contributed by atoms with Gasteiger partial charge in [-0.25, -0.2) is 4.98 Å². The van der Waals surface area contributed by atoms with E-state index >= 15 is 0 Å². The number of nitrogens with zero attached hydrogens (tertiary/aromatic N) is 3. The Morgan fingerprint density at radius 1 is 1.12 bits per heavy atom. The van der Waals surface area contributed by atoms with Gasteiger partial charge in [0.25, 0.3) is 0 Å². The Bertz CT molecular complexity index is 845. The molecule has 3 rings (SSSR count). The second-order valence-electron chi connectivity index (χ2n) is 6.83. The number of amides is 1. The number of fused-ring (bicyclic) bond motifs is 1. The van der Waals surface area contributed by atoms with Gasteiger partial charge in [0.1, 0.15) is 0 Å². The molecule has 2 heterocycles. The van der Waals surface area contributed by atoms with Crippen LogP contribution in [0.15, 0.2) is 29.6 Å². The number of aryl methyl sites for hydroxylation is 2. The molecule has 4 nitrogen and oxygen atoms in total. The van der Waals surface area contributed by atoms with E-state index in [1.54, 1.807) is 22.7 Å². The number of hydrogen-bond donors (Lipinski definition) is 0. The van der Waals surface area contributed by atoms with E-state index in [2.05, 4.69) is 45.0 Å². The summed E-state index contributed by atoms with van der Waals surface area (Å²) >= 11 is 3.26. The summed E-state index contributed by atoms with van der Waals surface area (Å²) in [5.41, 5.74) is 3.40. The van der Waals surface area contributed by atoms with Gasteiger partial charge in [-0.1, -0.05) is 29.5 Å². The number of thiophene rings is 1. The summed E-state index contributed by atoms with van der Waals surface area (Å²) in [7, 11) is 4.12. The van der Waals surface area contributed by atoms with Crippen LogP contribution in [-0.4, -0.2) is 43.0 Å². The zero-order chi connectivity index (χ0) is 18.7. The standard InChI is InChI=1S/C20H25N3OS2/c1-14-8-9-15(2)19-18(14)21-20(26-19)23(11-6-10-22(3)4)17(24)13-16-7-5-12-25-16/h5,7-9,12H,6,10-11,13H2,1-4H3. The van der Waals surface area contributed by atoms with Crippen molar-refractivity contribution in [3.05, 3.63) is 45.6 Å². The topological polar surface area (TPSA) is 36.4 Å². The average Bonchev–Trinajstić information content (AvgIpc) is 3.25. The predicted molar refractivity (Wildman–Crippen MR) is 113 cm³/mol. The van der Waals surface area contributed by atoms with Crippen LogP contribution >= 0.6 is 22.7 Å². The van der Waals surface area contributed by atoms with Gasteiger partial charge in [-0.05, 0) is 63.5 Å². The highest BCUT2D eigenvalue weighted by atomic mass is 32.1. The number of carbonyl (C=O) groups excluding carboxylic acids is 1. The number of carbonyl (C=O) groups is 1. The third-order valence-electron chi connectivity index (χ3n) is 4.36. The normalized spacial score (nSPS) is 11.4. The van der Waals surface area contributed by atoms with E-state index in [1.807, 2.05) is 22.4 Å². The molecule has 6 heteroatoms. The van der Waals surface area contributed by atoms with Gasteiger partial charge in [-0.15, -0.1) is 11.3 Å². The van der Waals surface area contributed by atoms with Crippen LogP contribution in [-0.2, 0) is 11.2 Å². The molecule has 0 bridgehead atoms. The zero-order valence-electron chi connectivity index (χ0n) is 15.8. The van der Waals surface area contributed by atoms with Crippen molar-refractivity contribution in [3.8, 4) is 0 Å². The van der Waals surface area contributed by atoms with Crippen molar-refractivity contribution in [1.82, 2.24) is 9.88 Å². The van der Waals surface area contributed by atoms with Gasteiger partial charge in [0.2, 0.25) is 5.91 Å². The first-order valence-corrected chi connectivity index (χ1v) is 10.5. The Balaban J connectivity index is 1.90. The Morgan fingerprint density at radius 3 is 2.54 bits per heavy atom. The average molecular weight is 388 g/mol. The van der Waals surface area contributed by atoms with Crippen molar-refractivity contribution >= 4 is 43.9 Å². The molecule has 0 spiro atoms. The van der Waals surface area contributed by atoms with Gasteiger partial charge < -0.3 is 4.90 Å². The molecular weight excluding hydrogens is 362 g/mol. The van der Waals surface area contributed by atoms with E-state index in [9.17, 15) is 4.79 Å². The van der Waals surface area contributed by atoms with Crippen LogP contribution < -0.4 is 4.90 Å². The van der Waals surface area contributed by atoms with Gasteiger partial charge in [0.05, 0.1) is 16.6 Å². The van der Waals surface area contributed by atoms with Crippen LogP contribution in [0.2, 0.25) is 0 Å². The van der Waals surface area contributed by atoms with Crippen LogP contribution in [0, 0.1) is 13.8 Å². The lowest BCUT2D eigenvalue weighted by atomic mass is 10.1. The molecule has 0 aliphatic heterocycles. The highest BCUT2D eigenvalue weighted by Gasteiger charge is 2.21. The number of thiazole rings is 1. The van der Waals surface area contributed by atoms with Gasteiger partial charge in [0.15, 0.2) is 5.13 Å².